The third-order valence-corrected chi connectivity index (χ3v) is 9.73. The second-order valence-corrected chi connectivity index (χ2v) is 12.8. The molecule has 2 atom stereocenters. The zero-order chi connectivity index (χ0) is 36.2. The van der Waals surface area contributed by atoms with Crippen LogP contribution in [-0.4, -0.2) is 30.9 Å². The molecule has 2 unspecified atom stereocenters. The second-order valence-electron chi connectivity index (χ2n) is 12.8. The lowest BCUT2D eigenvalue weighted by Crippen LogP contribution is -2.31. The molecule has 0 fully saturated rings. The molecule has 2 aromatic carbocycles. The maximum absolute atomic E-state index is 13.0. The van der Waals surface area contributed by atoms with Gasteiger partial charge in [0.1, 0.15) is 11.1 Å². The van der Waals surface area contributed by atoms with Gasteiger partial charge in [-0.1, -0.05) is 30.3 Å². The molecule has 52 heavy (non-hydrogen) atoms. The Hall–Kier alpha value is -6.62. The van der Waals surface area contributed by atoms with Gasteiger partial charge in [0.25, 0.3) is 22.9 Å². The quantitative estimate of drug-likeness (QED) is 0.182. The van der Waals surface area contributed by atoms with E-state index in [2.05, 4.69) is 39.7 Å². The van der Waals surface area contributed by atoms with Gasteiger partial charge in [0.15, 0.2) is 0 Å². The molecule has 2 aliphatic carbocycles. The first-order chi connectivity index (χ1) is 25.3. The van der Waals surface area contributed by atoms with Crippen molar-refractivity contribution in [3.8, 4) is 0 Å². The Balaban J connectivity index is 0.000000162. The van der Waals surface area contributed by atoms with Crippen molar-refractivity contribution in [2.75, 3.05) is 16.4 Å². The predicted molar refractivity (Wildman–Crippen MR) is 201 cm³/mol. The molecule has 11 nitrogen and oxygen atoms in total. The van der Waals surface area contributed by atoms with E-state index in [0.29, 0.717) is 11.4 Å². The number of amides is 2. The summed E-state index contributed by atoms with van der Waals surface area (Å²) < 4.78 is 3.32. The molecule has 260 valence electrons. The number of fused-ring (bicyclic) bond motifs is 2. The number of nitrogens with one attached hydrogen (secondary N) is 2. The third kappa shape index (κ3) is 6.76. The number of nitrogen functional groups attached to an aromatic ring is 1. The first-order valence-electron chi connectivity index (χ1n) is 17.1. The van der Waals surface area contributed by atoms with E-state index in [1.165, 1.54) is 16.7 Å². The Kier molecular flexibility index (Phi) is 9.57. The summed E-state index contributed by atoms with van der Waals surface area (Å²) >= 11 is 0. The molecule has 4 heterocycles. The van der Waals surface area contributed by atoms with Crippen LogP contribution in [0.5, 0.6) is 0 Å². The van der Waals surface area contributed by atoms with E-state index in [-0.39, 0.29) is 34.3 Å². The van der Waals surface area contributed by atoms with Crippen molar-refractivity contribution in [1.82, 2.24) is 19.1 Å². The van der Waals surface area contributed by atoms with E-state index in [1.807, 2.05) is 24.3 Å². The number of carbonyl (C=O) groups excluding carboxylic acids is 2. The summed E-state index contributed by atoms with van der Waals surface area (Å²) in [5.41, 5.74) is 13.6. The van der Waals surface area contributed by atoms with Crippen LogP contribution in [0, 0.1) is 6.92 Å². The highest BCUT2D eigenvalue weighted by Gasteiger charge is 2.28. The Morgan fingerprint density at radius 1 is 0.635 bits per heavy atom. The van der Waals surface area contributed by atoms with Crippen molar-refractivity contribution in [1.29, 1.82) is 0 Å². The summed E-state index contributed by atoms with van der Waals surface area (Å²) in [5.74, 6) is -0.834. The number of anilines is 3. The molecule has 11 heteroatoms. The van der Waals surface area contributed by atoms with Crippen LogP contribution in [0.1, 0.15) is 73.5 Å². The minimum atomic E-state index is -0.429. The largest absolute Gasteiger partial charge is 0.398 e. The molecule has 4 N–H and O–H groups in total. The number of benzene rings is 2. The molecule has 2 amide bonds. The minimum Gasteiger partial charge on any atom is -0.398 e. The van der Waals surface area contributed by atoms with Crippen LogP contribution in [0.25, 0.3) is 0 Å². The Morgan fingerprint density at radius 2 is 1.10 bits per heavy atom. The molecule has 8 rings (SSSR count). The molecule has 2 aliphatic rings. The van der Waals surface area contributed by atoms with Crippen LogP contribution in [0.15, 0.2) is 132 Å². The highest BCUT2D eigenvalue weighted by molar-refractivity contribution is 6.04. The van der Waals surface area contributed by atoms with E-state index in [0.717, 1.165) is 42.5 Å². The van der Waals surface area contributed by atoms with Gasteiger partial charge in [-0.05, 0) is 115 Å². The fourth-order valence-corrected chi connectivity index (χ4v) is 7.18. The Bertz CT molecular complexity index is 2220. The number of aryl methyl sites for hydroxylation is 1. The van der Waals surface area contributed by atoms with Crippen molar-refractivity contribution < 1.29 is 9.59 Å². The van der Waals surface area contributed by atoms with E-state index in [4.69, 9.17) is 5.73 Å². The molecule has 6 aromatic rings. The van der Waals surface area contributed by atoms with Crippen molar-refractivity contribution in [3.05, 3.63) is 182 Å². The predicted octanol–water partition coefficient (Wildman–Crippen LogP) is 5.95. The fourth-order valence-electron chi connectivity index (χ4n) is 7.18. The van der Waals surface area contributed by atoms with Gasteiger partial charge < -0.3 is 25.5 Å². The lowest BCUT2D eigenvalue weighted by atomic mass is 10.0. The number of nitrogens with zero attached hydrogens (tertiary/aromatic N) is 4. The molecule has 0 saturated carbocycles. The lowest BCUT2D eigenvalue weighted by molar-refractivity contribution is 0.101. The minimum absolute atomic E-state index is 0.0222. The third-order valence-electron chi connectivity index (χ3n) is 9.73. The van der Waals surface area contributed by atoms with Gasteiger partial charge in [-0.25, -0.2) is 0 Å². The van der Waals surface area contributed by atoms with Crippen LogP contribution in [0.2, 0.25) is 0 Å². The summed E-state index contributed by atoms with van der Waals surface area (Å²) in [5, 5.41) is 5.49. The zero-order valence-corrected chi connectivity index (χ0v) is 28.5. The maximum Gasteiger partial charge on any atom is 0.263 e. The van der Waals surface area contributed by atoms with Gasteiger partial charge in [-0.3, -0.25) is 29.1 Å². The number of carbonyl (C=O) groups is 2. The topological polar surface area (TPSA) is 154 Å². The monoisotopic (exact) mass is 691 g/mol. The van der Waals surface area contributed by atoms with E-state index in [9.17, 15) is 19.2 Å². The summed E-state index contributed by atoms with van der Waals surface area (Å²) in [4.78, 5) is 58.8. The number of aromatic nitrogens is 4. The number of hydrogen-bond acceptors (Lipinski definition) is 7. The van der Waals surface area contributed by atoms with Gasteiger partial charge >= 0.3 is 0 Å². The van der Waals surface area contributed by atoms with Gasteiger partial charge in [0.05, 0.1) is 12.1 Å². The van der Waals surface area contributed by atoms with Crippen LogP contribution >= 0.6 is 0 Å². The molecular formula is C41H37N7O4. The molecule has 0 bridgehead atoms. The first-order valence-corrected chi connectivity index (χ1v) is 17.1. The van der Waals surface area contributed by atoms with Crippen molar-refractivity contribution in [2.24, 2.45) is 0 Å². The number of pyridine rings is 4. The second kappa shape index (κ2) is 14.7. The van der Waals surface area contributed by atoms with E-state index < -0.39 is 11.8 Å². The van der Waals surface area contributed by atoms with E-state index in [1.54, 1.807) is 94.8 Å². The van der Waals surface area contributed by atoms with Gasteiger partial charge in [-0.2, -0.15) is 0 Å². The molecule has 4 aromatic heterocycles. The summed E-state index contributed by atoms with van der Waals surface area (Å²) in [6.07, 6.45) is 13.3. The molecule has 0 saturated heterocycles. The van der Waals surface area contributed by atoms with Crippen LogP contribution < -0.4 is 27.5 Å². The number of hydrogen-bond donors (Lipinski definition) is 3. The molecular weight excluding hydrogens is 654 g/mol. The van der Waals surface area contributed by atoms with Crippen LogP contribution in [0.3, 0.4) is 0 Å². The van der Waals surface area contributed by atoms with Crippen LogP contribution in [-0.2, 0) is 12.8 Å². The van der Waals surface area contributed by atoms with Gasteiger partial charge in [0, 0.05) is 54.2 Å². The fraction of sp³-hybridized carbons (Fsp3) is 0.171. The SMILES string of the molecule is Cc1cccc2c1CCC2n1cccc(C(=O)Nc2ccncc2)c1=O.Nc1cccc2c1CCC2n1cccc(C(=O)Nc2ccncc2)c1=O. The molecule has 0 spiro atoms. The highest BCUT2D eigenvalue weighted by Crippen LogP contribution is 2.37. The van der Waals surface area contributed by atoms with Crippen LogP contribution in [0.4, 0.5) is 17.1 Å². The Labute approximate surface area is 299 Å². The summed E-state index contributed by atoms with van der Waals surface area (Å²) in [6.45, 7) is 2.10. The average molecular weight is 692 g/mol. The molecule has 0 radical (unpaired) electrons. The average Bonchev–Trinajstić information content (AvgIpc) is 3.79. The number of rotatable bonds is 6. The number of nitrogens with two attached hydrogens (primary N) is 1. The van der Waals surface area contributed by atoms with Crippen molar-refractivity contribution >= 4 is 28.9 Å². The normalized spacial score (nSPS) is 15.5. The summed E-state index contributed by atoms with van der Waals surface area (Å²) in [6, 6.07) is 25.2. The first kappa shape index (κ1) is 33.9. The highest BCUT2D eigenvalue weighted by atomic mass is 16.2. The Morgan fingerprint density at radius 3 is 1.62 bits per heavy atom. The van der Waals surface area contributed by atoms with Gasteiger partial charge in [0.2, 0.25) is 0 Å². The lowest BCUT2D eigenvalue weighted by Gasteiger charge is -2.17. The smallest absolute Gasteiger partial charge is 0.263 e. The van der Waals surface area contributed by atoms with Crippen molar-refractivity contribution in [2.45, 2.75) is 44.7 Å². The van der Waals surface area contributed by atoms with E-state index >= 15 is 0 Å². The van der Waals surface area contributed by atoms with Gasteiger partial charge in [-0.15, -0.1) is 0 Å². The molecule has 0 aliphatic heterocycles. The maximum atomic E-state index is 13.0. The summed E-state index contributed by atoms with van der Waals surface area (Å²) in [7, 11) is 0. The zero-order valence-electron chi connectivity index (χ0n) is 28.5. The standard InChI is InChI=1S/C21H19N3O2.C20H18N4O2/c1-14-4-2-5-17-16(14)7-8-19(17)24-13-3-6-18(21(24)26)20(25)23-15-9-11-22-12-10-15;21-17-5-1-3-15-14(17)6-7-18(15)24-12-2-4-16(20(24)26)19(25)23-13-8-10-22-11-9-13/h2-6,9-13,19H,7-8H2,1H3,(H,22,23,25);1-5,8-12,18H,6-7,21H2,(H,22,23,25). The van der Waals surface area contributed by atoms with Crippen molar-refractivity contribution in [3.63, 3.8) is 0 Å².